The molecule has 0 spiro atoms. The molecule has 5 nitrogen and oxygen atoms in total. The molecule has 0 aromatic heterocycles. The van der Waals surface area contributed by atoms with Crippen molar-refractivity contribution in [2.75, 3.05) is 31.1 Å². The molecular formula is C18H23ClN2O3. The van der Waals surface area contributed by atoms with Crippen LogP contribution in [0.15, 0.2) is 24.3 Å². The second-order valence-corrected chi connectivity index (χ2v) is 7.01. The summed E-state index contributed by atoms with van der Waals surface area (Å²) in [5, 5.41) is 10.1. The highest BCUT2D eigenvalue weighted by molar-refractivity contribution is 6.33. The first-order chi connectivity index (χ1) is 11.6. The summed E-state index contributed by atoms with van der Waals surface area (Å²) in [5.41, 5.74) is 0.993. The second-order valence-electron chi connectivity index (χ2n) is 6.60. The van der Waals surface area contributed by atoms with E-state index >= 15 is 0 Å². The fourth-order valence-corrected chi connectivity index (χ4v) is 4.09. The summed E-state index contributed by atoms with van der Waals surface area (Å²) in [4.78, 5) is 28.2. The van der Waals surface area contributed by atoms with Crippen molar-refractivity contribution < 1.29 is 14.7 Å². The Morgan fingerprint density at radius 2 is 1.62 bits per heavy atom. The van der Waals surface area contributed by atoms with Crippen LogP contribution in [0.5, 0.6) is 0 Å². The molecule has 24 heavy (non-hydrogen) atoms. The van der Waals surface area contributed by atoms with Crippen LogP contribution in [0.2, 0.25) is 5.02 Å². The molecule has 6 heteroatoms. The topological polar surface area (TPSA) is 60.9 Å². The molecule has 1 amide bonds. The molecule has 2 fully saturated rings. The average Bonchev–Trinajstić information content (AvgIpc) is 2.62. The molecule has 1 saturated carbocycles. The highest BCUT2D eigenvalue weighted by Gasteiger charge is 2.38. The standard InChI is InChI=1S/C18H23ClN2O3/c19-15-7-3-4-8-16(15)20-9-11-21(12-10-20)17(22)13-5-1-2-6-14(13)18(23)24/h3-4,7-8,13-14H,1-2,5-6,9-12H2,(H,23,24)/t13-,14+/m0/s1. The molecular weight excluding hydrogens is 328 g/mol. The Labute approximate surface area is 147 Å². The van der Waals surface area contributed by atoms with Crippen molar-refractivity contribution in [2.45, 2.75) is 25.7 Å². The Morgan fingerprint density at radius 1 is 1.00 bits per heavy atom. The quantitative estimate of drug-likeness (QED) is 0.910. The van der Waals surface area contributed by atoms with Crippen LogP contribution >= 0.6 is 11.6 Å². The van der Waals surface area contributed by atoms with Gasteiger partial charge in [-0.3, -0.25) is 9.59 Å². The molecule has 0 unspecified atom stereocenters. The van der Waals surface area contributed by atoms with E-state index in [0.717, 1.165) is 36.6 Å². The summed E-state index contributed by atoms with van der Waals surface area (Å²) in [6.07, 6.45) is 3.16. The summed E-state index contributed by atoms with van der Waals surface area (Å²) in [5.74, 6) is -1.69. The van der Waals surface area contributed by atoms with Gasteiger partial charge in [-0.15, -0.1) is 0 Å². The second kappa shape index (κ2) is 7.43. The molecule has 0 radical (unpaired) electrons. The van der Waals surface area contributed by atoms with Crippen LogP contribution in [0.1, 0.15) is 25.7 Å². The van der Waals surface area contributed by atoms with Gasteiger partial charge in [0.1, 0.15) is 0 Å². The molecule has 2 aliphatic rings. The molecule has 1 aromatic carbocycles. The maximum Gasteiger partial charge on any atom is 0.307 e. The zero-order valence-corrected chi connectivity index (χ0v) is 14.4. The lowest BCUT2D eigenvalue weighted by Gasteiger charge is -2.39. The fourth-order valence-electron chi connectivity index (χ4n) is 3.83. The van der Waals surface area contributed by atoms with Crippen molar-refractivity contribution in [1.82, 2.24) is 4.90 Å². The van der Waals surface area contributed by atoms with Crippen molar-refractivity contribution in [3.05, 3.63) is 29.3 Å². The van der Waals surface area contributed by atoms with Crippen molar-refractivity contribution in [3.8, 4) is 0 Å². The van der Waals surface area contributed by atoms with Gasteiger partial charge in [-0.05, 0) is 25.0 Å². The van der Waals surface area contributed by atoms with Crippen molar-refractivity contribution in [2.24, 2.45) is 11.8 Å². The smallest absolute Gasteiger partial charge is 0.307 e. The molecule has 1 aromatic rings. The largest absolute Gasteiger partial charge is 0.481 e. The van der Waals surface area contributed by atoms with Crippen molar-refractivity contribution in [1.29, 1.82) is 0 Å². The first-order valence-corrected chi connectivity index (χ1v) is 8.97. The van der Waals surface area contributed by atoms with E-state index in [-0.39, 0.29) is 11.8 Å². The van der Waals surface area contributed by atoms with E-state index in [1.54, 1.807) is 0 Å². The van der Waals surface area contributed by atoms with Gasteiger partial charge in [0, 0.05) is 26.2 Å². The number of benzene rings is 1. The number of carboxylic acids is 1. The summed E-state index contributed by atoms with van der Waals surface area (Å²) in [6, 6.07) is 7.72. The molecule has 2 atom stereocenters. The van der Waals surface area contributed by atoms with Crippen LogP contribution in [0.3, 0.4) is 0 Å². The monoisotopic (exact) mass is 350 g/mol. The number of hydrogen-bond acceptors (Lipinski definition) is 3. The molecule has 130 valence electrons. The Kier molecular flexibility index (Phi) is 5.29. The van der Waals surface area contributed by atoms with Gasteiger partial charge in [0.05, 0.1) is 22.5 Å². The Bertz CT molecular complexity index is 614. The van der Waals surface area contributed by atoms with E-state index in [2.05, 4.69) is 4.90 Å². The maximum atomic E-state index is 12.8. The lowest BCUT2D eigenvalue weighted by molar-refractivity contribution is -0.152. The number of amides is 1. The minimum absolute atomic E-state index is 0.0147. The zero-order chi connectivity index (χ0) is 17.1. The van der Waals surface area contributed by atoms with Gasteiger partial charge in [0.15, 0.2) is 0 Å². The Hall–Kier alpha value is -1.75. The summed E-state index contributed by atoms with van der Waals surface area (Å²) >= 11 is 6.24. The molecule has 0 bridgehead atoms. The normalized spacial score (nSPS) is 24.7. The van der Waals surface area contributed by atoms with Crippen LogP contribution in [0, 0.1) is 11.8 Å². The van der Waals surface area contributed by atoms with Gasteiger partial charge in [0.25, 0.3) is 0 Å². The van der Waals surface area contributed by atoms with Gasteiger partial charge in [-0.25, -0.2) is 0 Å². The molecule has 1 N–H and O–H groups in total. The summed E-state index contributed by atoms with van der Waals surface area (Å²) in [6.45, 7) is 2.68. The van der Waals surface area contributed by atoms with Crippen LogP contribution in [-0.4, -0.2) is 48.1 Å². The van der Waals surface area contributed by atoms with Gasteiger partial charge in [-0.1, -0.05) is 36.6 Å². The van der Waals surface area contributed by atoms with E-state index in [9.17, 15) is 14.7 Å². The number of carbonyl (C=O) groups is 2. The first kappa shape index (κ1) is 17.1. The van der Waals surface area contributed by atoms with E-state index in [1.165, 1.54) is 0 Å². The number of anilines is 1. The molecule has 1 saturated heterocycles. The highest BCUT2D eigenvalue weighted by Crippen LogP contribution is 2.32. The van der Waals surface area contributed by atoms with Gasteiger partial charge >= 0.3 is 5.97 Å². The van der Waals surface area contributed by atoms with Crippen molar-refractivity contribution >= 4 is 29.2 Å². The number of aliphatic carboxylic acids is 1. The van der Waals surface area contributed by atoms with Crippen LogP contribution in [-0.2, 0) is 9.59 Å². The lowest BCUT2D eigenvalue weighted by atomic mass is 9.78. The predicted octanol–water partition coefficient (Wildman–Crippen LogP) is 2.88. The molecule has 1 aliphatic carbocycles. The third-order valence-corrected chi connectivity index (χ3v) is 5.50. The Balaban J connectivity index is 1.62. The zero-order valence-electron chi connectivity index (χ0n) is 13.7. The Morgan fingerprint density at radius 3 is 2.25 bits per heavy atom. The van der Waals surface area contributed by atoms with E-state index in [0.29, 0.717) is 25.9 Å². The fraction of sp³-hybridized carbons (Fsp3) is 0.556. The number of rotatable bonds is 3. The van der Waals surface area contributed by atoms with Crippen LogP contribution in [0.25, 0.3) is 0 Å². The number of hydrogen-bond donors (Lipinski definition) is 1. The number of carbonyl (C=O) groups excluding carboxylic acids is 1. The summed E-state index contributed by atoms with van der Waals surface area (Å²) < 4.78 is 0. The van der Waals surface area contributed by atoms with Gasteiger partial charge < -0.3 is 14.9 Å². The van der Waals surface area contributed by atoms with E-state index < -0.39 is 11.9 Å². The molecule has 1 aliphatic heterocycles. The molecule has 3 rings (SSSR count). The number of carboxylic acid groups (broad SMARTS) is 1. The minimum Gasteiger partial charge on any atom is -0.481 e. The number of halogens is 1. The minimum atomic E-state index is -0.831. The SMILES string of the molecule is O=C(O)[C@@H]1CCCC[C@@H]1C(=O)N1CCN(c2ccccc2Cl)CC1. The average molecular weight is 351 g/mol. The molecule has 1 heterocycles. The lowest BCUT2D eigenvalue weighted by Crippen LogP contribution is -2.52. The summed E-state index contributed by atoms with van der Waals surface area (Å²) in [7, 11) is 0. The number of nitrogens with zero attached hydrogens (tertiary/aromatic N) is 2. The third kappa shape index (κ3) is 3.51. The van der Waals surface area contributed by atoms with Crippen molar-refractivity contribution in [3.63, 3.8) is 0 Å². The van der Waals surface area contributed by atoms with Crippen LogP contribution in [0.4, 0.5) is 5.69 Å². The maximum absolute atomic E-state index is 12.8. The van der Waals surface area contributed by atoms with E-state index in [1.807, 2.05) is 29.2 Å². The van der Waals surface area contributed by atoms with Gasteiger partial charge in [0.2, 0.25) is 5.91 Å². The number of piperazine rings is 1. The van der Waals surface area contributed by atoms with Gasteiger partial charge in [-0.2, -0.15) is 0 Å². The third-order valence-electron chi connectivity index (χ3n) is 5.18. The predicted molar refractivity (Wildman–Crippen MR) is 93.3 cm³/mol. The van der Waals surface area contributed by atoms with Crippen LogP contribution < -0.4 is 4.90 Å². The highest BCUT2D eigenvalue weighted by atomic mass is 35.5. The van der Waals surface area contributed by atoms with E-state index in [4.69, 9.17) is 11.6 Å². The number of para-hydroxylation sites is 1. The first-order valence-electron chi connectivity index (χ1n) is 8.59.